The molecule has 0 fully saturated rings. The van der Waals surface area contributed by atoms with E-state index in [0.717, 1.165) is 0 Å². The van der Waals surface area contributed by atoms with Crippen LogP contribution < -0.4 is 19.7 Å². The van der Waals surface area contributed by atoms with E-state index < -0.39 is 5.97 Å². The van der Waals surface area contributed by atoms with Crippen LogP contribution in [0.3, 0.4) is 0 Å². The lowest BCUT2D eigenvalue weighted by Crippen LogP contribution is -2.26. The summed E-state index contributed by atoms with van der Waals surface area (Å²) in [7, 11) is 4.79. The summed E-state index contributed by atoms with van der Waals surface area (Å²) in [6, 6.07) is 7.01. The van der Waals surface area contributed by atoms with Crippen LogP contribution in [0.4, 0.5) is 17.3 Å². The predicted molar refractivity (Wildman–Crippen MR) is 85.8 cm³/mol. The Bertz CT molecular complexity index is 693. The molecular weight excluding hydrogens is 300 g/mol. The number of rotatable bonds is 7. The average Bonchev–Trinajstić information content (AvgIpc) is 2.55. The molecule has 0 saturated carbocycles. The molecule has 2 N–H and O–H groups in total. The number of anilines is 3. The molecule has 1 aromatic heterocycles. The van der Waals surface area contributed by atoms with Crippen molar-refractivity contribution in [2.75, 3.05) is 38.0 Å². The Morgan fingerprint density at radius 3 is 2.70 bits per heavy atom. The highest BCUT2D eigenvalue weighted by atomic mass is 16.5. The summed E-state index contributed by atoms with van der Waals surface area (Å²) >= 11 is 0. The molecule has 0 amide bonds. The summed E-state index contributed by atoms with van der Waals surface area (Å²) in [6.45, 7) is -0.150. The van der Waals surface area contributed by atoms with Gasteiger partial charge in [0.2, 0.25) is 0 Å². The van der Waals surface area contributed by atoms with Crippen molar-refractivity contribution in [2.24, 2.45) is 0 Å². The number of carboxylic acid groups (broad SMARTS) is 1. The maximum atomic E-state index is 10.8. The van der Waals surface area contributed by atoms with Gasteiger partial charge in [-0.2, -0.15) is 0 Å². The number of ether oxygens (including phenoxy) is 2. The minimum atomic E-state index is -0.933. The van der Waals surface area contributed by atoms with Gasteiger partial charge in [0.15, 0.2) is 0 Å². The van der Waals surface area contributed by atoms with E-state index in [0.29, 0.717) is 28.8 Å². The summed E-state index contributed by atoms with van der Waals surface area (Å²) in [4.78, 5) is 20.5. The minimum Gasteiger partial charge on any atom is -0.497 e. The number of likely N-dealkylation sites (N-methyl/N-ethyl adjacent to an activating group) is 1. The largest absolute Gasteiger partial charge is 0.497 e. The topological polar surface area (TPSA) is 96.8 Å². The molecule has 0 unspecified atom stereocenters. The maximum Gasteiger partial charge on any atom is 0.323 e. The molecule has 1 aromatic carbocycles. The Morgan fingerprint density at radius 2 is 2.04 bits per heavy atom. The highest BCUT2D eigenvalue weighted by molar-refractivity contribution is 5.73. The van der Waals surface area contributed by atoms with Gasteiger partial charge >= 0.3 is 5.97 Å². The molecule has 0 radical (unpaired) electrons. The van der Waals surface area contributed by atoms with Gasteiger partial charge in [-0.25, -0.2) is 9.97 Å². The first-order valence-electron chi connectivity index (χ1n) is 6.77. The summed E-state index contributed by atoms with van der Waals surface area (Å²) in [5.41, 5.74) is 0.707. The number of hydrogen-bond acceptors (Lipinski definition) is 7. The number of aliphatic carboxylic acids is 1. The van der Waals surface area contributed by atoms with Gasteiger partial charge in [0.05, 0.1) is 19.9 Å². The Morgan fingerprint density at radius 1 is 1.26 bits per heavy atom. The molecule has 8 nitrogen and oxygen atoms in total. The van der Waals surface area contributed by atoms with Crippen LogP contribution in [0.5, 0.6) is 11.5 Å². The van der Waals surface area contributed by atoms with Gasteiger partial charge in [0.25, 0.3) is 0 Å². The molecule has 2 rings (SSSR count). The molecule has 0 aliphatic rings. The van der Waals surface area contributed by atoms with Crippen LogP contribution in [0.25, 0.3) is 0 Å². The van der Waals surface area contributed by atoms with E-state index in [-0.39, 0.29) is 6.54 Å². The minimum absolute atomic E-state index is 0.150. The van der Waals surface area contributed by atoms with Gasteiger partial charge in [-0.15, -0.1) is 0 Å². The standard InChI is InChI=1S/C15H18N4O4/c1-19(8-15(20)21)14-7-13(16-9-17-14)18-11-5-4-10(22-2)6-12(11)23-3/h4-7,9H,8H2,1-3H3,(H,20,21)(H,16,17,18). The zero-order valence-electron chi connectivity index (χ0n) is 13.1. The van der Waals surface area contributed by atoms with Crippen LogP contribution in [0, 0.1) is 0 Å². The maximum absolute atomic E-state index is 10.8. The lowest BCUT2D eigenvalue weighted by Gasteiger charge is -2.16. The molecule has 8 heteroatoms. The van der Waals surface area contributed by atoms with Crippen molar-refractivity contribution in [3.63, 3.8) is 0 Å². The number of carboxylic acids is 1. The molecule has 2 aromatic rings. The molecule has 0 saturated heterocycles. The third-order valence-electron chi connectivity index (χ3n) is 3.09. The molecule has 1 heterocycles. The second-order valence-electron chi connectivity index (χ2n) is 4.70. The molecule has 0 aliphatic carbocycles. The Balaban J connectivity index is 2.22. The van der Waals surface area contributed by atoms with Gasteiger partial charge in [0.1, 0.15) is 36.0 Å². The third-order valence-corrected chi connectivity index (χ3v) is 3.09. The normalized spacial score (nSPS) is 10.0. The van der Waals surface area contributed by atoms with Crippen LogP contribution in [-0.4, -0.2) is 48.9 Å². The number of methoxy groups -OCH3 is 2. The quantitative estimate of drug-likeness (QED) is 0.797. The van der Waals surface area contributed by atoms with Crippen molar-refractivity contribution in [1.82, 2.24) is 9.97 Å². The highest BCUT2D eigenvalue weighted by Gasteiger charge is 2.10. The number of nitrogens with one attached hydrogen (secondary N) is 1. The first-order valence-corrected chi connectivity index (χ1v) is 6.77. The van der Waals surface area contributed by atoms with Crippen molar-refractivity contribution in [3.05, 3.63) is 30.6 Å². The van der Waals surface area contributed by atoms with Crippen LogP contribution in [-0.2, 0) is 4.79 Å². The summed E-state index contributed by atoms with van der Waals surface area (Å²) in [5.74, 6) is 1.37. The molecule has 0 bridgehead atoms. The van der Waals surface area contributed by atoms with Gasteiger partial charge in [-0.1, -0.05) is 0 Å². The fourth-order valence-corrected chi connectivity index (χ4v) is 1.95. The molecule has 0 atom stereocenters. The second kappa shape index (κ2) is 7.30. The summed E-state index contributed by atoms with van der Waals surface area (Å²) in [5, 5.41) is 12.0. The number of hydrogen-bond donors (Lipinski definition) is 2. The van der Waals surface area contributed by atoms with Crippen molar-refractivity contribution in [1.29, 1.82) is 0 Å². The fraction of sp³-hybridized carbons (Fsp3) is 0.267. The van der Waals surface area contributed by atoms with Gasteiger partial charge in [-0.3, -0.25) is 4.79 Å². The summed E-state index contributed by atoms with van der Waals surface area (Å²) < 4.78 is 10.5. The van der Waals surface area contributed by atoms with E-state index in [4.69, 9.17) is 14.6 Å². The fourth-order valence-electron chi connectivity index (χ4n) is 1.95. The van der Waals surface area contributed by atoms with E-state index >= 15 is 0 Å². The molecular formula is C15H18N4O4. The SMILES string of the molecule is COc1ccc(Nc2cc(N(C)CC(=O)O)ncn2)c(OC)c1. The van der Waals surface area contributed by atoms with E-state index in [9.17, 15) is 4.79 Å². The van der Waals surface area contributed by atoms with Crippen molar-refractivity contribution >= 4 is 23.3 Å². The van der Waals surface area contributed by atoms with E-state index in [2.05, 4.69) is 15.3 Å². The van der Waals surface area contributed by atoms with Crippen molar-refractivity contribution < 1.29 is 19.4 Å². The monoisotopic (exact) mass is 318 g/mol. The Kier molecular flexibility index (Phi) is 5.19. The predicted octanol–water partition coefficient (Wildman–Crippen LogP) is 1.76. The van der Waals surface area contributed by atoms with Crippen molar-refractivity contribution in [2.45, 2.75) is 0 Å². The zero-order valence-corrected chi connectivity index (χ0v) is 13.1. The number of carbonyl (C=O) groups is 1. The smallest absolute Gasteiger partial charge is 0.323 e. The Labute approximate surface area is 133 Å². The number of nitrogens with zero attached hydrogens (tertiary/aromatic N) is 3. The Hall–Kier alpha value is -3.03. The van der Waals surface area contributed by atoms with Gasteiger partial charge < -0.3 is 24.8 Å². The first-order chi connectivity index (χ1) is 11.0. The van der Waals surface area contributed by atoms with Crippen LogP contribution in [0.2, 0.25) is 0 Å². The van der Waals surface area contributed by atoms with Gasteiger partial charge in [0, 0.05) is 19.2 Å². The average molecular weight is 318 g/mol. The lowest BCUT2D eigenvalue weighted by atomic mass is 10.2. The molecule has 0 aliphatic heterocycles. The van der Waals surface area contributed by atoms with Crippen LogP contribution in [0.15, 0.2) is 30.6 Å². The lowest BCUT2D eigenvalue weighted by molar-refractivity contribution is -0.135. The number of aromatic nitrogens is 2. The second-order valence-corrected chi connectivity index (χ2v) is 4.70. The number of benzene rings is 1. The third kappa shape index (κ3) is 4.22. The van der Waals surface area contributed by atoms with E-state index in [1.807, 2.05) is 0 Å². The van der Waals surface area contributed by atoms with Gasteiger partial charge in [-0.05, 0) is 12.1 Å². The van der Waals surface area contributed by atoms with Crippen LogP contribution in [0.1, 0.15) is 0 Å². The van der Waals surface area contributed by atoms with Crippen LogP contribution >= 0.6 is 0 Å². The highest BCUT2D eigenvalue weighted by Crippen LogP contribution is 2.31. The van der Waals surface area contributed by atoms with E-state index in [1.54, 1.807) is 45.5 Å². The summed E-state index contributed by atoms with van der Waals surface area (Å²) in [6.07, 6.45) is 1.37. The molecule has 23 heavy (non-hydrogen) atoms. The van der Waals surface area contributed by atoms with E-state index in [1.165, 1.54) is 11.2 Å². The first kappa shape index (κ1) is 16.3. The zero-order chi connectivity index (χ0) is 16.8. The van der Waals surface area contributed by atoms with Crippen molar-refractivity contribution in [3.8, 4) is 11.5 Å². The molecule has 122 valence electrons. The molecule has 0 spiro atoms.